The number of halogens is 1. The SMILES string of the molecule is Cc1nc(I)cn1[C@H]1[C@@H]2CC(=O)C[C@@H]21. The van der Waals surface area contributed by atoms with E-state index in [0.717, 1.165) is 22.4 Å². The first kappa shape index (κ1) is 8.88. The molecule has 0 unspecified atom stereocenters. The van der Waals surface area contributed by atoms with Gasteiger partial charge in [-0.3, -0.25) is 4.79 Å². The van der Waals surface area contributed by atoms with E-state index in [9.17, 15) is 4.79 Å². The highest BCUT2D eigenvalue weighted by Gasteiger charge is 2.57. The van der Waals surface area contributed by atoms with E-state index in [-0.39, 0.29) is 0 Å². The Morgan fingerprint density at radius 1 is 1.50 bits per heavy atom. The number of carbonyl (C=O) groups excluding carboxylic acids is 1. The smallest absolute Gasteiger partial charge is 0.133 e. The van der Waals surface area contributed by atoms with E-state index in [2.05, 4.69) is 38.3 Å². The number of hydrogen-bond acceptors (Lipinski definition) is 2. The van der Waals surface area contributed by atoms with Crippen molar-refractivity contribution in [2.45, 2.75) is 25.8 Å². The predicted octanol–water partition coefficient (Wildman–Crippen LogP) is 1.95. The Bertz CT molecular complexity index is 398. The van der Waals surface area contributed by atoms with E-state index < -0.39 is 0 Å². The first-order valence-electron chi connectivity index (χ1n) is 4.89. The van der Waals surface area contributed by atoms with Gasteiger partial charge in [0.25, 0.3) is 0 Å². The Morgan fingerprint density at radius 2 is 2.14 bits per heavy atom. The van der Waals surface area contributed by atoms with Crippen molar-refractivity contribution < 1.29 is 4.79 Å². The molecule has 0 aliphatic heterocycles. The molecular weight excluding hydrogens is 291 g/mol. The number of fused-ring (bicyclic) bond motifs is 1. The zero-order valence-corrected chi connectivity index (χ0v) is 10.1. The number of nitrogens with zero attached hydrogens (tertiary/aromatic N) is 2. The van der Waals surface area contributed by atoms with Crippen molar-refractivity contribution in [1.82, 2.24) is 9.55 Å². The van der Waals surface area contributed by atoms with E-state index in [1.165, 1.54) is 0 Å². The van der Waals surface area contributed by atoms with Crippen LogP contribution in [0.1, 0.15) is 24.7 Å². The van der Waals surface area contributed by atoms with Crippen molar-refractivity contribution in [3.8, 4) is 0 Å². The Labute approximate surface area is 96.0 Å². The van der Waals surface area contributed by atoms with Gasteiger partial charge in [0.05, 0.1) is 0 Å². The number of rotatable bonds is 1. The van der Waals surface area contributed by atoms with Gasteiger partial charge in [-0.25, -0.2) is 4.98 Å². The lowest BCUT2D eigenvalue weighted by Gasteiger charge is -2.05. The van der Waals surface area contributed by atoms with Gasteiger partial charge in [0.15, 0.2) is 0 Å². The van der Waals surface area contributed by atoms with Crippen LogP contribution in [0.25, 0.3) is 0 Å². The van der Waals surface area contributed by atoms with Gasteiger partial charge in [-0.05, 0) is 41.4 Å². The number of imidazole rings is 1. The topological polar surface area (TPSA) is 34.9 Å². The third kappa shape index (κ3) is 1.16. The lowest BCUT2D eigenvalue weighted by molar-refractivity contribution is -0.118. The second-order valence-electron chi connectivity index (χ2n) is 4.28. The van der Waals surface area contributed by atoms with Gasteiger partial charge in [0.1, 0.15) is 15.3 Å². The van der Waals surface area contributed by atoms with Crippen LogP contribution in [-0.2, 0) is 4.79 Å². The molecule has 14 heavy (non-hydrogen) atoms. The zero-order chi connectivity index (χ0) is 9.87. The number of aryl methyl sites for hydroxylation is 1. The van der Waals surface area contributed by atoms with Gasteiger partial charge in [0, 0.05) is 25.1 Å². The van der Waals surface area contributed by atoms with Crippen molar-refractivity contribution >= 4 is 28.4 Å². The van der Waals surface area contributed by atoms with Crippen LogP contribution in [0.4, 0.5) is 0 Å². The fourth-order valence-corrected chi connectivity index (χ4v) is 3.39. The largest absolute Gasteiger partial charge is 0.330 e. The molecule has 1 aromatic heterocycles. The average molecular weight is 302 g/mol. The van der Waals surface area contributed by atoms with Gasteiger partial charge in [-0.2, -0.15) is 0 Å². The minimum Gasteiger partial charge on any atom is -0.330 e. The summed E-state index contributed by atoms with van der Waals surface area (Å²) in [4.78, 5) is 15.5. The number of Topliss-reactive ketones (excluding diaryl/α,β-unsaturated/α-hetero) is 1. The highest BCUT2D eigenvalue weighted by atomic mass is 127. The number of carbonyl (C=O) groups is 1. The Hall–Kier alpha value is -0.390. The lowest BCUT2D eigenvalue weighted by atomic mass is 10.2. The molecule has 1 heterocycles. The van der Waals surface area contributed by atoms with Crippen molar-refractivity contribution in [2.24, 2.45) is 11.8 Å². The average Bonchev–Trinajstić information content (AvgIpc) is 2.48. The van der Waals surface area contributed by atoms with Gasteiger partial charge in [-0.15, -0.1) is 0 Å². The summed E-state index contributed by atoms with van der Waals surface area (Å²) in [5.41, 5.74) is 0. The van der Waals surface area contributed by atoms with Crippen molar-refractivity contribution in [2.75, 3.05) is 0 Å². The van der Waals surface area contributed by atoms with E-state index in [0.29, 0.717) is 23.7 Å². The molecule has 2 fully saturated rings. The molecular formula is C10H11IN2O. The minimum atomic E-state index is 0.448. The van der Waals surface area contributed by atoms with Crippen LogP contribution < -0.4 is 0 Å². The predicted molar refractivity (Wildman–Crippen MR) is 59.9 cm³/mol. The van der Waals surface area contributed by atoms with Crippen molar-refractivity contribution in [1.29, 1.82) is 0 Å². The molecule has 74 valence electrons. The molecule has 1 aromatic rings. The molecule has 0 radical (unpaired) electrons. The van der Waals surface area contributed by atoms with Gasteiger partial charge in [0.2, 0.25) is 0 Å². The molecule has 0 bridgehead atoms. The highest BCUT2D eigenvalue weighted by molar-refractivity contribution is 14.1. The Balaban J connectivity index is 1.87. The van der Waals surface area contributed by atoms with E-state index in [1.807, 2.05) is 6.92 Å². The Morgan fingerprint density at radius 3 is 2.64 bits per heavy atom. The summed E-state index contributed by atoms with van der Waals surface area (Å²) >= 11 is 2.24. The normalized spacial score (nSPS) is 34.7. The van der Waals surface area contributed by atoms with E-state index in [1.54, 1.807) is 0 Å². The quantitative estimate of drug-likeness (QED) is 0.743. The van der Waals surface area contributed by atoms with Crippen LogP contribution in [0.2, 0.25) is 0 Å². The second kappa shape index (κ2) is 2.81. The van der Waals surface area contributed by atoms with Crippen molar-refractivity contribution in [3.63, 3.8) is 0 Å². The maximum Gasteiger partial charge on any atom is 0.133 e. The first-order chi connectivity index (χ1) is 6.66. The minimum absolute atomic E-state index is 0.448. The zero-order valence-electron chi connectivity index (χ0n) is 7.90. The van der Waals surface area contributed by atoms with Crippen LogP contribution in [0.15, 0.2) is 6.20 Å². The number of hydrogen-bond donors (Lipinski definition) is 0. The molecule has 3 rings (SSSR count). The Kier molecular flexibility index (Phi) is 1.78. The van der Waals surface area contributed by atoms with Gasteiger partial charge in [-0.1, -0.05) is 0 Å². The molecule has 2 aliphatic carbocycles. The van der Waals surface area contributed by atoms with E-state index >= 15 is 0 Å². The molecule has 3 nitrogen and oxygen atoms in total. The maximum atomic E-state index is 11.1. The highest BCUT2D eigenvalue weighted by Crippen LogP contribution is 2.59. The molecule has 0 aromatic carbocycles. The monoisotopic (exact) mass is 302 g/mol. The second-order valence-corrected chi connectivity index (χ2v) is 5.39. The van der Waals surface area contributed by atoms with Gasteiger partial charge < -0.3 is 4.57 Å². The van der Waals surface area contributed by atoms with Crippen LogP contribution in [0, 0.1) is 22.5 Å². The van der Waals surface area contributed by atoms with Crippen LogP contribution in [-0.4, -0.2) is 15.3 Å². The fourth-order valence-electron chi connectivity index (χ4n) is 2.74. The molecule has 4 heteroatoms. The third-order valence-electron chi connectivity index (χ3n) is 3.42. The number of ketones is 1. The lowest BCUT2D eigenvalue weighted by Crippen LogP contribution is -2.04. The van der Waals surface area contributed by atoms with Crippen molar-refractivity contribution in [3.05, 3.63) is 15.7 Å². The summed E-state index contributed by atoms with van der Waals surface area (Å²) in [5, 5.41) is 0. The molecule has 2 saturated carbocycles. The van der Waals surface area contributed by atoms with Crippen LogP contribution in [0.5, 0.6) is 0 Å². The molecule has 0 spiro atoms. The molecule has 0 N–H and O–H groups in total. The van der Waals surface area contributed by atoms with Gasteiger partial charge >= 0.3 is 0 Å². The summed E-state index contributed by atoms with van der Waals surface area (Å²) in [6.45, 7) is 2.04. The molecule has 0 amide bonds. The summed E-state index contributed by atoms with van der Waals surface area (Å²) in [5.74, 6) is 2.77. The molecule has 3 atom stereocenters. The first-order valence-corrected chi connectivity index (χ1v) is 5.97. The standard InChI is InChI=1S/C10H11IN2O/c1-5-12-9(11)4-13(5)10-7-2-6(14)3-8(7)10/h4,7-8,10H,2-3H2,1H3/t7-,8+,10+. The summed E-state index contributed by atoms with van der Waals surface area (Å²) < 4.78 is 3.31. The maximum absolute atomic E-state index is 11.1. The van der Waals surface area contributed by atoms with E-state index in [4.69, 9.17) is 0 Å². The molecule has 0 saturated heterocycles. The third-order valence-corrected chi connectivity index (χ3v) is 3.94. The summed E-state index contributed by atoms with van der Waals surface area (Å²) in [6, 6.07) is 0.573. The van der Waals surface area contributed by atoms with Crippen LogP contribution in [0.3, 0.4) is 0 Å². The summed E-state index contributed by atoms with van der Waals surface area (Å²) in [6.07, 6.45) is 3.69. The summed E-state index contributed by atoms with van der Waals surface area (Å²) in [7, 11) is 0. The molecule has 2 aliphatic rings. The van der Waals surface area contributed by atoms with Crippen LogP contribution >= 0.6 is 22.6 Å². The fraction of sp³-hybridized carbons (Fsp3) is 0.600. The number of aromatic nitrogens is 2.